The Hall–Kier alpha value is -3.10. The fourth-order valence-electron chi connectivity index (χ4n) is 3.59. The van der Waals surface area contributed by atoms with Crippen molar-refractivity contribution in [3.63, 3.8) is 0 Å². The van der Waals surface area contributed by atoms with Gasteiger partial charge in [-0.2, -0.15) is 0 Å². The first-order valence-corrected chi connectivity index (χ1v) is 12.4. The highest BCUT2D eigenvalue weighted by atomic mass is 35.5. The molecule has 0 aliphatic carbocycles. The Bertz CT molecular complexity index is 1200. The Labute approximate surface area is 192 Å². The van der Waals surface area contributed by atoms with Crippen molar-refractivity contribution in [1.29, 1.82) is 0 Å². The highest BCUT2D eigenvalue weighted by molar-refractivity contribution is 7.90. The lowest BCUT2D eigenvalue weighted by atomic mass is 10.1. The minimum absolute atomic E-state index is 0.0922. The molecular formula is C23H22ClN3O4S. The number of hydrogen-bond donors (Lipinski definition) is 0. The number of sulfone groups is 1. The van der Waals surface area contributed by atoms with Gasteiger partial charge in [-0.3, -0.25) is 9.88 Å². The number of anilines is 1. The summed E-state index contributed by atoms with van der Waals surface area (Å²) in [6, 6.07) is 17.5. The smallest absolute Gasteiger partial charge is 0.325 e. The van der Waals surface area contributed by atoms with Crippen LogP contribution in [0.1, 0.15) is 11.6 Å². The highest BCUT2D eigenvalue weighted by Crippen LogP contribution is 2.36. The number of urea groups is 1. The third-order valence-electron chi connectivity index (χ3n) is 5.15. The van der Waals surface area contributed by atoms with Gasteiger partial charge in [0.25, 0.3) is 0 Å². The summed E-state index contributed by atoms with van der Waals surface area (Å²) in [5.74, 6) is 1.20. The van der Waals surface area contributed by atoms with E-state index in [1.807, 2.05) is 24.3 Å². The van der Waals surface area contributed by atoms with Gasteiger partial charge in [0.15, 0.2) is 0 Å². The fraction of sp³-hybridized carbons (Fsp3) is 0.217. The first kappa shape index (κ1) is 22.1. The van der Waals surface area contributed by atoms with Crippen LogP contribution in [-0.2, 0) is 9.84 Å². The van der Waals surface area contributed by atoms with Gasteiger partial charge in [0.05, 0.1) is 11.8 Å². The molecule has 2 amide bonds. The molecule has 1 atom stereocenters. The van der Waals surface area contributed by atoms with Crippen LogP contribution in [0.25, 0.3) is 0 Å². The summed E-state index contributed by atoms with van der Waals surface area (Å²) < 4.78 is 29.3. The van der Waals surface area contributed by atoms with E-state index < -0.39 is 9.84 Å². The average molecular weight is 472 g/mol. The molecule has 0 radical (unpaired) electrons. The lowest BCUT2D eigenvalue weighted by molar-refractivity contribution is 0.223. The van der Waals surface area contributed by atoms with Crippen LogP contribution in [-0.4, -0.2) is 49.4 Å². The van der Waals surface area contributed by atoms with Crippen molar-refractivity contribution in [3.05, 3.63) is 83.6 Å². The Morgan fingerprint density at radius 3 is 2.47 bits per heavy atom. The molecule has 1 fully saturated rings. The number of benzene rings is 2. The van der Waals surface area contributed by atoms with Gasteiger partial charge in [0.1, 0.15) is 21.3 Å². The molecule has 32 heavy (non-hydrogen) atoms. The average Bonchev–Trinajstić information content (AvgIpc) is 3.10. The van der Waals surface area contributed by atoms with Crippen molar-refractivity contribution < 1.29 is 17.9 Å². The first-order chi connectivity index (χ1) is 15.3. The minimum Gasteiger partial charge on any atom is -0.457 e. The van der Waals surface area contributed by atoms with E-state index in [1.54, 1.807) is 58.6 Å². The molecular weight excluding hydrogens is 450 g/mol. The van der Waals surface area contributed by atoms with Gasteiger partial charge in [0, 0.05) is 42.4 Å². The molecule has 7 nitrogen and oxygen atoms in total. The molecule has 166 valence electrons. The normalized spacial score (nSPS) is 16.4. The van der Waals surface area contributed by atoms with E-state index in [1.165, 1.54) is 6.26 Å². The molecule has 2 aromatic carbocycles. The zero-order chi connectivity index (χ0) is 22.7. The molecule has 0 spiro atoms. The van der Waals surface area contributed by atoms with Gasteiger partial charge in [-0.1, -0.05) is 23.7 Å². The summed E-state index contributed by atoms with van der Waals surface area (Å²) in [6.45, 7) is 0.487. The second-order valence-corrected chi connectivity index (χ2v) is 10.3. The molecule has 3 aromatic rings. The van der Waals surface area contributed by atoms with Crippen LogP contribution in [0.5, 0.6) is 11.5 Å². The number of amides is 2. The van der Waals surface area contributed by atoms with Gasteiger partial charge < -0.3 is 9.64 Å². The van der Waals surface area contributed by atoms with Crippen molar-refractivity contribution in [2.45, 2.75) is 6.04 Å². The Morgan fingerprint density at radius 2 is 1.78 bits per heavy atom. The molecule has 1 unspecified atom stereocenters. The number of nitrogens with zero attached hydrogens (tertiary/aromatic N) is 3. The van der Waals surface area contributed by atoms with Crippen LogP contribution >= 0.6 is 11.6 Å². The summed E-state index contributed by atoms with van der Waals surface area (Å²) in [7, 11) is -3.20. The number of halogens is 1. The quantitative estimate of drug-likeness (QED) is 0.504. The number of ether oxygens (including phenoxy) is 1. The van der Waals surface area contributed by atoms with E-state index in [9.17, 15) is 13.2 Å². The maximum absolute atomic E-state index is 13.3. The largest absolute Gasteiger partial charge is 0.457 e. The summed E-state index contributed by atoms with van der Waals surface area (Å²) in [5, 5.41) is 0.568. The van der Waals surface area contributed by atoms with Crippen molar-refractivity contribution in [2.24, 2.45) is 0 Å². The standard InChI is InChI=1S/C23H22ClN3O4S/c1-32(29,30)14-13-26-16-22(27(23(26)28)19-7-5-18(24)6-8-19)17-3-2-4-21(15-17)31-20-9-11-25-12-10-20/h2-12,15,22H,13-14,16H2,1H3. The lowest BCUT2D eigenvalue weighted by Gasteiger charge is -2.24. The van der Waals surface area contributed by atoms with Crippen LogP contribution in [0.4, 0.5) is 10.5 Å². The van der Waals surface area contributed by atoms with Crippen LogP contribution < -0.4 is 9.64 Å². The number of aromatic nitrogens is 1. The van der Waals surface area contributed by atoms with Gasteiger partial charge in [-0.25, -0.2) is 13.2 Å². The van der Waals surface area contributed by atoms with E-state index in [4.69, 9.17) is 16.3 Å². The van der Waals surface area contributed by atoms with E-state index in [2.05, 4.69) is 4.98 Å². The van der Waals surface area contributed by atoms with E-state index in [-0.39, 0.29) is 24.4 Å². The van der Waals surface area contributed by atoms with Crippen molar-refractivity contribution in [1.82, 2.24) is 9.88 Å². The van der Waals surface area contributed by atoms with Crippen LogP contribution in [0, 0.1) is 0 Å². The summed E-state index contributed by atoms with van der Waals surface area (Å²) >= 11 is 6.03. The summed E-state index contributed by atoms with van der Waals surface area (Å²) in [6.07, 6.45) is 4.47. The second kappa shape index (κ2) is 9.18. The predicted octanol–water partition coefficient (Wildman–Crippen LogP) is 4.56. The number of hydrogen-bond acceptors (Lipinski definition) is 5. The number of pyridine rings is 1. The van der Waals surface area contributed by atoms with Gasteiger partial charge in [0.2, 0.25) is 0 Å². The topological polar surface area (TPSA) is 79.8 Å². The van der Waals surface area contributed by atoms with Crippen LogP contribution in [0.15, 0.2) is 73.1 Å². The second-order valence-electron chi connectivity index (χ2n) is 7.58. The van der Waals surface area contributed by atoms with Gasteiger partial charge in [-0.05, 0) is 54.1 Å². The van der Waals surface area contributed by atoms with Gasteiger partial charge >= 0.3 is 6.03 Å². The third-order valence-corrected chi connectivity index (χ3v) is 6.32. The molecule has 1 aromatic heterocycles. The lowest BCUT2D eigenvalue weighted by Crippen LogP contribution is -2.35. The SMILES string of the molecule is CS(=O)(=O)CCN1CC(c2cccc(Oc3ccncc3)c2)N(c2ccc(Cl)cc2)C1=O. The van der Waals surface area contributed by atoms with Crippen molar-refractivity contribution in [2.75, 3.05) is 30.0 Å². The molecule has 2 heterocycles. The number of carbonyl (C=O) groups is 1. The zero-order valence-corrected chi connectivity index (χ0v) is 19.0. The molecule has 9 heteroatoms. The zero-order valence-electron chi connectivity index (χ0n) is 17.4. The van der Waals surface area contributed by atoms with Crippen LogP contribution in [0.3, 0.4) is 0 Å². The molecule has 4 rings (SSSR count). The maximum Gasteiger partial charge on any atom is 0.325 e. The highest BCUT2D eigenvalue weighted by Gasteiger charge is 2.39. The number of rotatable bonds is 7. The Morgan fingerprint density at radius 1 is 1.06 bits per heavy atom. The van der Waals surface area contributed by atoms with Gasteiger partial charge in [-0.15, -0.1) is 0 Å². The van der Waals surface area contributed by atoms with Crippen molar-refractivity contribution >= 4 is 33.2 Å². The Balaban J connectivity index is 1.65. The predicted molar refractivity (Wildman–Crippen MR) is 124 cm³/mol. The Kier molecular flexibility index (Phi) is 6.34. The molecule has 0 N–H and O–H groups in total. The minimum atomic E-state index is -3.20. The maximum atomic E-state index is 13.3. The van der Waals surface area contributed by atoms with E-state index in [0.717, 1.165) is 5.56 Å². The molecule has 1 aliphatic rings. The van der Waals surface area contributed by atoms with Crippen molar-refractivity contribution in [3.8, 4) is 11.5 Å². The summed E-state index contributed by atoms with van der Waals surface area (Å²) in [5.41, 5.74) is 1.56. The molecule has 0 saturated carbocycles. The first-order valence-electron chi connectivity index (χ1n) is 9.99. The monoisotopic (exact) mass is 471 g/mol. The van der Waals surface area contributed by atoms with E-state index >= 15 is 0 Å². The molecule has 1 aliphatic heterocycles. The fourth-order valence-corrected chi connectivity index (χ4v) is 4.27. The van der Waals surface area contributed by atoms with E-state index in [0.29, 0.717) is 28.8 Å². The third kappa shape index (κ3) is 5.20. The van der Waals surface area contributed by atoms with Crippen LogP contribution in [0.2, 0.25) is 5.02 Å². The molecule has 1 saturated heterocycles. The number of carbonyl (C=O) groups excluding carboxylic acids is 1. The summed E-state index contributed by atoms with van der Waals surface area (Å²) in [4.78, 5) is 20.5. The molecule has 0 bridgehead atoms.